The Morgan fingerprint density at radius 2 is 2.13 bits per heavy atom. The molecule has 0 aliphatic carbocycles. The molecule has 2 amide bonds. The molecule has 124 valence electrons. The van der Waals surface area contributed by atoms with Crippen molar-refractivity contribution in [2.75, 3.05) is 5.32 Å². The molecular formula is C12H11F4N5OS. The van der Waals surface area contributed by atoms with Gasteiger partial charge >= 0.3 is 11.5 Å². The molecule has 6 nitrogen and oxygen atoms in total. The molecule has 0 aliphatic rings. The van der Waals surface area contributed by atoms with E-state index in [-0.39, 0.29) is 12.2 Å². The van der Waals surface area contributed by atoms with Crippen molar-refractivity contribution in [3.63, 3.8) is 0 Å². The number of aryl methyl sites for hydroxylation is 1. The van der Waals surface area contributed by atoms with Crippen molar-refractivity contribution in [2.45, 2.75) is 16.9 Å². The second-order valence-electron chi connectivity index (χ2n) is 4.30. The molecule has 0 aliphatic heterocycles. The number of nitrogens with one attached hydrogen (secondary N) is 2. The van der Waals surface area contributed by atoms with Crippen molar-refractivity contribution in [2.24, 2.45) is 7.05 Å². The maximum Gasteiger partial charge on any atom is 0.446 e. The summed E-state index contributed by atoms with van der Waals surface area (Å²) in [4.78, 5) is 15.0. The van der Waals surface area contributed by atoms with Crippen LogP contribution in [0, 0.1) is 5.82 Å². The number of hydrogen-bond acceptors (Lipinski definition) is 4. The molecule has 0 spiro atoms. The smallest absolute Gasteiger partial charge is 0.331 e. The molecule has 2 aromatic rings. The van der Waals surface area contributed by atoms with Crippen LogP contribution >= 0.6 is 11.8 Å². The van der Waals surface area contributed by atoms with Crippen molar-refractivity contribution >= 4 is 23.5 Å². The Bertz CT molecular complexity index is 703. The van der Waals surface area contributed by atoms with Crippen molar-refractivity contribution in [1.29, 1.82) is 0 Å². The third-order valence-electron chi connectivity index (χ3n) is 2.63. The van der Waals surface area contributed by atoms with Crippen LogP contribution < -0.4 is 10.6 Å². The van der Waals surface area contributed by atoms with Crippen molar-refractivity contribution < 1.29 is 22.4 Å². The van der Waals surface area contributed by atoms with Crippen molar-refractivity contribution in [3.05, 3.63) is 36.2 Å². The number of rotatable bonds is 4. The topological polar surface area (TPSA) is 71.8 Å². The normalized spacial score (nSPS) is 11.3. The molecule has 2 N–H and O–H groups in total. The SMILES string of the molecule is Cn1ncnc1CNC(=O)Nc1ccc(SC(F)(F)F)c(F)c1. The molecule has 0 fully saturated rings. The number of halogens is 4. The van der Waals surface area contributed by atoms with E-state index in [2.05, 4.69) is 20.7 Å². The number of nitrogens with zero attached hydrogens (tertiary/aromatic N) is 3. The Kier molecular flexibility index (Phi) is 5.08. The van der Waals surface area contributed by atoms with Crippen LogP contribution in [-0.2, 0) is 13.6 Å². The zero-order valence-electron chi connectivity index (χ0n) is 11.7. The van der Waals surface area contributed by atoms with E-state index >= 15 is 0 Å². The van der Waals surface area contributed by atoms with E-state index in [4.69, 9.17) is 0 Å². The van der Waals surface area contributed by atoms with Gasteiger partial charge in [0.05, 0.1) is 11.4 Å². The Hall–Kier alpha value is -2.30. The van der Waals surface area contributed by atoms with Gasteiger partial charge in [0.2, 0.25) is 0 Å². The van der Waals surface area contributed by atoms with Gasteiger partial charge in [-0.15, -0.1) is 0 Å². The summed E-state index contributed by atoms with van der Waals surface area (Å²) in [6.45, 7) is 0.0901. The Balaban J connectivity index is 1.93. The van der Waals surface area contributed by atoms with Crippen LogP contribution in [0.25, 0.3) is 0 Å². The first kappa shape index (κ1) is 17.1. The first-order chi connectivity index (χ1) is 10.7. The van der Waals surface area contributed by atoms with Gasteiger partial charge in [-0.2, -0.15) is 18.3 Å². The van der Waals surface area contributed by atoms with Gasteiger partial charge in [0.25, 0.3) is 0 Å². The summed E-state index contributed by atoms with van der Waals surface area (Å²) in [5.74, 6) is -0.568. The summed E-state index contributed by atoms with van der Waals surface area (Å²) in [6, 6.07) is 2.30. The lowest BCUT2D eigenvalue weighted by molar-refractivity contribution is -0.0329. The van der Waals surface area contributed by atoms with Crippen LogP contribution in [0.5, 0.6) is 0 Å². The summed E-state index contributed by atoms with van der Waals surface area (Å²) < 4.78 is 51.6. The summed E-state index contributed by atoms with van der Waals surface area (Å²) in [5, 5.41) is 8.60. The molecule has 23 heavy (non-hydrogen) atoms. The molecule has 0 unspecified atom stereocenters. The number of amides is 2. The minimum absolute atomic E-state index is 0.0319. The largest absolute Gasteiger partial charge is 0.446 e. The number of thioether (sulfide) groups is 1. The lowest BCUT2D eigenvalue weighted by atomic mass is 10.3. The standard InChI is InChI=1S/C12H11F4N5OS/c1-21-10(18-6-19-21)5-17-11(22)20-7-2-3-9(8(13)4-7)23-12(14,15)16/h2-4,6H,5H2,1H3,(H2,17,20,22). The van der Waals surface area contributed by atoms with Crippen LogP contribution in [0.2, 0.25) is 0 Å². The lowest BCUT2D eigenvalue weighted by Crippen LogP contribution is -2.29. The maximum atomic E-state index is 13.6. The number of hydrogen-bond donors (Lipinski definition) is 2. The average molecular weight is 349 g/mol. The Morgan fingerprint density at radius 3 is 2.70 bits per heavy atom. The maximum absolute atomic E-state index is 13.6. The van der Waals surface area contributed by atoms with E-state index in [1.54, 1.807) is 7.05 Å². The molecular weight excluding hydrogens is 338 g/mol. The van der Waals surface area contributed by atoms with Crippen molar-refractivity contribution in [3.8, 4) is 0 Å². The monoisotopic (exact) mass is 349 g/mol. The second-order valence-corrected chi connectivity index (χ2v) is 5.41. The summed E-state index contributed by atoms with van der Waals surface area (Å²) in [5.41, 5.74) is -4.55. The first-order valence-electron chi connectivity index (χ1n) is 6.17. The van der Waals surface area contributed by atoms with E-state index in [1.165, 1.54) is 17.1 Å². The quantitative estimate of drug-likeness (QED) is 0.658. The zero-order valence-corrected chi connectivity index (χ0v) is 12.5. The van der Waals surface area contributed by atoms with Gasteiger partial charge in [-0.25, -0.2) is 14.2 Å². The molecule has 11 heteroatoms. The molecule has 0 atom stereocenters. The summed E-state index contributed by atoms with van der Waals surface area (Å²) in [6.07, 6.45) is 1.32. The summed E-state index contributed by atoms with van der Waals surface area (Å²) >= 11 is -0.556. The second kappa shape index (κ2) is 6.86. The third-order valence-corrected chi connectivity index (χ3v) is 3.41. The van der Waals surface area contributed by atoms with E-state index < -0.39 is 34.0 Å². The predicted octanol–water partition coefficient (Wildman–Crippen LogP) is 2.89. The molecule has 0 radical (unpaired) electrons. The fraction of sp³-hybridized carbons (Fsp3) is 0.250. The van der Waals surface area contributed by atoms with E-state index in [1.807, 2.05) is 0 Å². The van der Waals surface area contributed by atoms with Gasteiger partial charge in [0, 0.05) is 12.7 Å². The van der Waals surface area contributed by atoms with E-state index in [0.29, 0.717) is 5.82 Å². The predicted molar refractivity (Wildman–Crippen MR) is 75.2 cm³/mol. The van der Waals surface area contributed by atoms with Crippen LogP contribution in [0.15, 0.2) is 29.4 Å². The van der Waals surface area contributed by atoms with Gasteiger partial charge in [0.1, 0.15) is 18.0 Å². The minimum atomic E-state index is -4.58. The van der Waals surface area contributed by atoms with Crippen LogP contribution in [0.4, 0.5) is 28.0 Å². The molecule has 1 aromatic heterocycles. The minimum Gasteiger partial charge on any atom is -0.331 e. The number of benzene rings is 1. The van der Waals surface area contributed by atoms with E-state index in [0.717, 1.165) is 12.1 Å². The Morgan fingerprint density at radius 1 is 1.39 bits per heavy atom. The fourth-order valence-electron chi connectivity index (χ4n) is 1.60. The highest BCUT2D eigenvalue weighted by molar-refractivity contribution is 8.00. The van der Waals surface area contributed by atoms with Gasteiger partial charge in [-0.1, -0.05) is 0 Å². The number of carbonyl (C=O) groups is 1. The van der Waals surface area contributed by atoms with Crippen LogP contribution in [0.3, 0.4) is 0 Å². The van der Waals surface area contributed by atoms with Gasteiger partial charge in [0.15, 0.2) is 0 Å². The fourth-order valence-corrected chi connectivity index (χ4v) is 2.14. The Labute approximate surface area is 132 Å². The highest BCUT2D eigenvalue weighted by Crippen LogP contribution is 2.38. The molecule has 0 bridgehead atoms. The molecule has 1 heterocycles. The van der Waals surface area contributed by atoms with E-state index in [9.17, 15) is 22.4 Å². The third kappa shape index (κ3) is 5.13. The van der Waals surface area contributed by atoms with Crippen LogP contribution in [-0.4, -0.2) is 26.3 Å². The zero-order chi connectivity index (χ0) is 17.0. The lowest BCUT2D eigenvalue weighted by Gasteiger charge is -2.10. The number of carbonyl (C=O) groups excluding carboxylic acids is 1. The number of alkyl halides is 3. The van der Waals surface area contributed by atoms with Gasteiger partial charge < -0.3 is 10.6 Å². The molecule has 0 saturated heterocycles. The van der Waals surface area contributed by atoms with Gasteiger partial charge in [-0.05, 0) is 30.0 Å². The summed E-state index contributed by atoms with van der Waals surface area (Å²) in [7, 11) is 1.65. The first-order valence-corrected chi connectivity index (χ1v) is 6.99. The average Bonchev–Trinajstić information content (AvgIpc) is 2.84. The number of aromatic nitrogens is 3. The molecule has 0 saturated carbocycles. The van der Waals surface area contributed by atoms with Gasteiger partial charge in [-0.3, -0.25) is 4.68 Å². The molecule has 1 aromatic carbocycles. The number of urea groups is 1. The van der Waals surface area contributed by atoms with Crippen molar-refractivity contribution in [1.82, 2.24) is 20.1 Å². The van der Waals surface area contributed by atoms with Crippen LogP contribution in [0.1, 0.15) is 5.82 Å². The molecule has 2 rings (SSSR count). The highest BCUT2D eigenvalue weighted by atomic mass is 32.2. The highest BCUT2D eigenvalue weighted by Gasteiger charge is 2.30. The number of anilines is 1.